The van der Waals surface area contributed by atoms with E-state index in [9.17, 15) is 4.39 Å². The molecule has 0 saturated heterocycles. The molecule has 2 aliphatic rings. The third-order valence-corrected chi connectivity index (χ3v) is 3.44. The number of alkyl halides is 1. The van der Waals surface area contributed by atoms with Crippen molar-refractivity contribution in [2.45, 2.75) is 51.5 Å². The summed E-state index contributed by atoms with van der Waals surface area (Å²) in [5.74, 6) is 0.181. The first-order valence-electron chi connectivity index (χ1n) is 6.39. The van der Waals surface area contributed by atoms with Gasteiger partial charge in [0.1, 0.15) is 6.17 Å². The quantitative estimate of drug-likeness (QED) is 0.731. The lowest BCUT2D eigenvalue weighted by Gasteiger charge is -2.13. The summed E-state index contributed by atoms with van der Waals surface area (Å²) in [6.07, 6.45) is 8.78. The molecular weight excluding hydrogens is 219 g/mol. The average molecular weight is 242 g/mol. The maximum Gasteiger partial charge on any atom is 0.106 e. The summed E-state index contributed by atoms with van der Waals surface area (Å²) in [7, 11) is 0. The van der Waals surface area contributed by atoms with Crippen LogP contribution in [0.4, 0.5) is 4.39 Å². The second-order valence-electron chi connectivity index (χ2n) is 4.79. The predicted octanol–water partition coefficient (Wildman–Crippen LogP) is 2.61. The Labute approximate surface area is 103 Å². The van der Waals surface area contributed by atoms with Crippen LogP contribution in [0, 0.1) is 11.8 Å². The van der Waals surface area contributed by atoms with Gasteiger partial charge in [-0.05, 0) is 26.2 Å². The number of aliphatic hydroxyl groups is 2. The van der Waals surface area contributed by atoms with Gasteiger partial charge in [-0.15, -0.1) is 0 Å². The molecular formula is C14H23FO2. The van der Waals surface area contributed by atoms with E-state index in [-0.39, 0.29) is 12.0 Å². The molecule has 1 unspecified atom stereocenters. The van der Waals surface area contributed by atoms with E-state index in [0.29, 0.717) is 12.3 Å². The Morgan fingerprint density at radius 1 is 1.18 bits per heavy atom. The minimum absolute atomic E-state index is 0.0833. The SMILES string of the molecule is CC(F)[C@@H]1C=CC[C@H]1O.CC[C@@H]1C=CC[C@H]1O. The topological polar surface area (TPSA) is 40.5 Å². The van der Waals surface area contributed by atoms with Crippen molar-refractivity contribution >= 4 is 0 Å². The van der Waals surface area contributed by atoms with Crippen LogP contribution in [0.3, 0.4) is 0 Å². The van der Waals surface area contributed by atoms with Gasteiger partial charge >= 0.3 is 0 Å². The first-order valence-corrected chi connectivity index (χ1v) is 6.39. The Balaban J connectivity index is 0.000000171. The molecule has 0 fully saturated rings. The molecule has 0 spiro atoms. The van der Waals surface area contributed by atoms with Crippen LogP contribution in [0.2, 0.25) is 0 Å². The van der Waals surface area contributed by atoms with Crippen LogP contribution in [-0.2, 0) is 0 Å². The minimum atomic E-state index is -0.918. The maximum absolute atomic E-state index is 12.4. The molecule has 0 aliphatic heterocycles. The van der Waals surface area contributed by atoms with Gasteiger partial charge in [0.2, 0.25) is 0 Å². The molecule has 0 saturated carbocycles. The second-order valence-corrected chi connectivity index (χ2v) is 4.79. The van der Waals surface area contributed by atoms with Crippen molar-refractivity contribution in [3.63, 3.8) is 0 Å². The molecule has 2 aliphatic carbocycles. The van der Waals surface area contributed by atoms with Gasteiger partial charge < -0.3 is 10.2 Å². The van der Waals surface area contributed by atoms with Crippen LogP contribution in [0.5, 0.6) is 0 Å². The zero-order valence-electron chi connectivity index (χ0n) is 10.6. The van der Waals surface area contributed by atoms with Crippen molar-refractivity contribution in [1.29, 1.82) is 0 Å². The van der Waals surface area contributed by atoms with Crippen LogP contribution in [0.1, 0.15) is 33.1 Å². The van der Waals surface area contributed by atoms with E-state index in [4.69, 9.17) is 10.2 Å². The number of hydrogen-bond donors (Lipinski definition) is 2. The highest BCUT2D eigenvalue weighted by Crippen LogP contribution is 2.22. The summed E-state index contributed by atoms with van der Waals surface area (Å²) in [4.78, 5) is 0. The Morgan fingerprint density at radius 3 is 2.00 bits per heavy atom. The zero-order chi connectivity index (χ0) is 12.8. The van der Waals surface area contributed by atoms with Crippen LogP contribution >= 0.6 is 0 Å². The molecule has 98 valence electrons. The molecule has 0 amide bonds. The Bertz CT molecular complexity index is 273. The summed E-state index contributed by atoms with van der Waals surface area (Å²) in [5.41, 5.74) is 0. The molecule has 2 nitrogen and oxygen atoms in total. The van der Waals surface area contributed by atoms with Crippen molar-refractivity contribution in [3.05, 3.63) is 24.3 Å². The fraction of sp³-hybridized carbons (Fsp3) is 0.714. The standard InChI is InChI=1S/C7H11FO.C7H12O/c1-5(8)6-3-2-4-7(6)9;1-2-6-4-3-5-7(6)8/h2-3,5-7,9H,4H2,1H3;3-4,6-8H,2,5H2,1H3/t5?,6-,7+;6-,7-/m01/s1. The largest absolute Gasteiger partial charge is 0.392 e. The molecule has 5 atom stereocenters. The molecule has 0 heterocycles. The van der Waals surface area contributed by atoms with Gasteiger partial charge in [0.25, 0.3) is 0 Å². The summed E-state index contributed by atoms with van der Waals surface area (Å²) in [6.45, 7) is 3.58. The molecule has 0 aromatic carbocycles. The van der Waals surface area contributed by atoms with Gasteiger partial charge in [-0.25, -0.2) is 4.39 Å². The minimum Gasteiger partial charge on any atom is -0.392 e. The van der Waals surface area contributed by atoms with Gasteiger partial charge in [-0.1, -0.05) is 31.2 Å². The Morgan fingerprint density at radius 2 is 1.76 bits per heavy atom. The highest BCUT2D eigenvalue weighted by molar-refractivity contribution is 5.03. The van der Waals surface area contributed by atoms with Crippen LogP contribution in [0.25, 0.3) is 0 Å². The van der Waals surface area contributed by atoms with Crippen molar-refractivity contribution < 1.29 is 14.6 Å². The van der Waals surface area contributed by atoms with Crippen molar-refractivity contribution in [3.8, 4) is 0 Å². The first kappa shape index (κ1) is 14.4. The summed E-state index contributed by atoms with van der Waals surface area (Å²) < 4.78 is 12.4. The van der Waals surface area contributed by atoms with E-state index < -0.39 is 12.3 Å². The van der Waals surface area contributed by atoms with Crippen LogP contribution < -0.4 is 0 Å². The summed E-state index contributed by atoms with van der Waals surface area (Å²) >= 11 is 0. The third-order valence-electron chi connectivity index (χ3n) is 3.44. The Hall–Kier alpha value is -0.670. The molecule has 2 N–H and O–H groups in total. The van der Waals surface area contributed by atoms with Gasteiger partial charge in [-0.2, -0.15) is 0 Å². The monoisotopic (exact) mass is 242 g/mol. The van der Waals surface area contributed by atoms with Crippen LogP contribution in [0.15, 0.2) is 24.3 Å². The molecule has 2 rings (SSSR count). The molecule has 0 aromatic rings. The predicted molar refractivity (Wildman–Crippen MR) is 67.4 cm³/mol. The maximum atomic E-state index is 12.4. The second kappa shape index (κ2) is 6.92. The van der Waals surface area contributed by atoms with Gasteiger partial charge in [-0.3, -0.25) is 0 Å². The van der Waals surface area contributed by atoms with E-state index in [1.165, 1.54) is 6.92 Å². The number of halogens is 1. The highest BCUT2D eigenvalue weighted by atomic mass is 19.1. The van der Waals surface area contributed by atoms with Crippen LogP contribution in [-0.4, -0.2) is 28.6 Å². The molecule has 3 heteroatoms. The van der Waals surface area contributed by atoms with Crippen molar-refractivity contribution in [2.24, 2.45) is 11.8 Å². The smallest absolute Gasteiger partial charge is 0.106 e. The number of hydrogen-bond acceptors (Lipinski definition) is 2. The average Bonchev–Trinajstić information content (AvgIpc) is 2.87. The van der Waals surface area contributed by atoms with E-state index >= 15 is 0 Å². The normalized spacial score (nSPS) is 36.8. The highest BCUT2D eigenvalue weighted by Gasteiger charge is 2.25. The zero-order valence-corrected chi connectivity index (χ0v) is 10.6. The molecule has 17 heavy (non-hydrogen) atoms. The molecule has 0 radical (unpaired) electrons. The lowest BCUT2D eigenvalue weighted by molar-refractivity contribution is 0.0998. The lowest BCUT2D eigenvalue weighted by Crippen LogP contribution is -2.21. The number of rotatable bonds is 2. The van der Waals surface area contributed by atoms with E-state index in [1.807, 2.05) is 6.08 Å². The van der Waals surface area contributed by atoms with E-state index in [2.05, 4.69) is 19.1 Å². The summed E-state index contributed by atoms with van der Waals surface area (Å²) in [6, 6.07) is 0. The van der Waals surface area contributed by atoms with Gasteiger partial charge in [0, 0.05) is 11.8 Å². The fourth-order valence-corrected chi connectivity index (χ4v) is 2.22. The van der Waals surface area contributed by atoms with Crippen molar-refractivity contribution in [2.75, 3.05) is 0 Å². The fourth-order valence-electron chi connectivity index (χ4n) is 2.22. The summed E-state index contributed by atoms with van der Waals surface area (Å²) in [5, 5.41) is 18.2. The van der Waals surface area contributed by atoms with Gasteiger partial charge in [0.05, 0.1) is 12.2 Å². The lowest BCUT2D eigenvalue weighted by atomic mass is 10.0. The molecule has 0 bridgehead atoms. The number of aliphatic hydroxyl groups excluding tert-OH is 2. The van der Waals surface area contributed by atoms with Crippen molar-refractivity contribution in [1.82, 2.24) is 0 Å². The third kappa shape index (κ3) is 4.25. The first-order chi connectivity index (χ1) is 8.06. The molecule has 0 aromatic heterocycles. The van der Waals surface area contributed by atoms with Gasteiger partial charge in [0.15, 0.2) is 0 Å². The van der Waals surface area contributed by atoms with E-state index in [1.54, 1.807) is 6.08 Å². The van der Waals surface area contributed by atoms with E-state index in [0.717, 1.165) is 12.8 Å². The Kier molecular flexibility index (Phi) is 5.86.